The Morgan fingerprint density at radius 3 is 2.29 bits per heavy atom. The summed E-state index contributed by atoms with van der Waals surface area (Å²) in [6, 6.07) is 0.270. The monoisotopic (exact) mass is 387 g/mol. The summed E-state index contributed by atoms with van der Waals surface area (Å²) in [5, 5.41) is 11.3. The number of aromatic nitrogens is 4. The minimum absolute atomic E-state index is 0.270. The van der Waals surface area contributed by atoms with Crippen molar-refractivity contribution >= 4 is 0 Å². The number of nitrogens with zero attached hydrogens (tertiary/aromatic N) is 5. The van der Waals surface area contributed by atoms with Crippen LogP contribution in [0.5, 0.6) is 11.9 Å². The quantitative estimate of drug-likeness (QED) is 0.736. The molecule has 0 aromatic carbocycles. The van der Waals surface area contributed by atoms with Gasteiger partial charge in [-0.2, -0.15) is 4.98 Å². The van der Waals surface area contributed by atoms with Gasteiger partial charge in [-0.3, -0.25) is 4.90 Å². The fourth-order valence-electron chi connectivity index (χ4n) is 3.37. The molecule has 1 fully saturated rings. The Hall–Kier alpha value is -2.32. The predicted octanol–water partition coefficient (Wildman–Crippen LogP) is 2.11. The first-order valence-electron chi connectivity index (χ1n) is 9.95. The third-order valence-electron chi connectivity index (χ3n) is 4.95. The van der Waals surface area contributed by atoms with Crippen LogP contribution in [0.2, 0.25) is 0 Å². The van der Waals surface area contributed by atoms with Gasteiger partial charge >= 0.3 is 6.01 Å². The largest absolute Gasteiger partial charge is 0.478 e. The molecule has 1 aliphatic heterocycles. The molecule has 0 radical (unpaired) electrons. The molecule has 28 heavy (non-hydrogen) atoms. The molecule has 3 rings (SSSR count). The maximum absolute atomic E-state index is 11.3. The molecule has 1 N–H and O–H groups in total. The second kappa shape index (κ2) is 9.25. The molecule has 0 aliphatic carbocycles. The van der Waals surface area contributed by atoms with Gasteiger partial charge in [0.05, 0.1) is 24.4 Å². The van der Waals surface area contributed by atoms with E-state index in [4.69, 9.17) is 9.47 Å². The highest BCUT2D eigenvalue weighted by molar-refractivity contribution is 5.32. The Morgan fingerprint density at radius 2 is 1.68 bits per heavy atom. The number of ether oxygens (including phenoxy) is 2. The predicted molar refractivity (Wildman–Crippen MR) is 104 cm³/mol. The van der Waals surface area contributed by atoms with Gasteiger partial charge in [0.1, 0.15) is 5.82 Å². The Kier molecular flexibility index (Phi) is 6.74. The van der Waals surface area contributed by atoms with E-state index in [9.17, 15) is 5.11 Å². The molecule has 8 heteroatoms. The van der Waals surface area contributed by atoms with Gasteiger partial charge in [0.25, 0.3) is 0 Å². The Bertz CT molecular complexity index is 761. The van der Waals surface area contributed by atoms with Crippen LogP contribution in [0.15, 0.2) is 18.6 Å². The van der Waals surface area contributed by atoms with Crippen molar-refractivity contribution in [3.8, 4) is 11.9 Å². The normalized spacial score (nSPS) is 16.7. The lowest BCUT2D eigenvalue weighted by Gasteiger charge is -2.38. The molecule has 0 saturated carbocycles. The molecular formula is C20H29N5O3. The first-order valence-corrected chi connectivity index (χ1v) is 9.95. The maximum atomic E-state index is 11.3. The van der Waals surface area contributed by atoms with Crippen LogP contribution in [0.4, 0.5) is 0 Å². The van der Waals surface area contributed by atoms with Crippen LogP contribution in [0.1, 0.15) is 50.6 Å². The lowest BCUT2D eigenvalue weighted by molar-refractivity contribution is -0.0303. The highest BCUT2D eigenvalue weighted by Gasteiger charge is 2.37. The molecule has 0 atom stereocenters. The number of aryl methyl sites for hydroxylation is 1. The first-order chi connectivity index (χ1) is 13.6. The number of hydrogen-bond donors (Lipinski definition) is 1. The SMILES string of the molecule is CCOc1ncc(C2(O)CCN(Cc3cnc(CC)nc3)CC2)c(OCC)n1. The molecular weight excluding hydrogens is 358 g/mol. The van der Waals surface area contributed by atoms with Crippen molar-refractivity contribution in [2.75, 3.05) is 26.3 Å². The fraction of sp³-hybridized carbons (Fsp3) is 0.600. The van der Waals surface area contributed by atoms with E-state index in [1.807, 2.05) is 33.2 Å². The molecule has 3 heterocycles. The van der Waals surface area contributed by atoms with Gasteiger partial charge in [-0.25, -0.2) is 15.0 Å². The third-order valence-corrected chi connectivity index (χ3v) is 4.95. The number of rotatable bonds is 8. The molecule has 152 valence electrons. The van der Waals surface area contributed by atoms with Crippen LogP contribution in [-0.4, -0.2) is 56.2 Å². The minimum atomic E-state index is -1.01. The highest BCUT2D eigenvalue weighted by atomic mass is 16.5. The second-order valence-corrected chi connectivity index (χ2v) is 6.91. The fourth-order valence-corrected chi connectivity index (χ4v) is 3.37. The van der Waals surface area contributed by atoms with E-state index in [2.05, 4.69) is 24.8 Å². The number of hydrogen-bond acceptors (Lipinski definition) is 8. The summed E-state index contributed by atoms with van der Waals surface area (Å²) in [5.41, 5.74) is 0.712. The van der Waals surface area contributed by atoms with E-state index in [-0.39, 0.29) is 6.01 Å². The van der Waals surface area contributed by atoms with Crippen LogP contribution in [0.25, 0.3) is 0 Å². The van der Waals surface area contributed by atoms with E-state index >= 15 is 0 Å². The summed E-state index contributed by atoms with van der Waals surface area (Å²) in [7, 11) is 0. The van der Waals surface area contributed by atoms with Crippen LogP contribution in [0, 0.1) is 0 Å². The lowest BCUT2D eigenvalue weighted by Crippen LogP contribution is -2.42. The standard InChI is InChI=1S/C20H29N5O3/c1-4-17-21-11-15(12-22-17)14-25-9-7-20(26,8-10-25)16-13-23-19(28-6-3)24-18(16)27-5-2/h11-13,26H,4-10,14H2,1-3H3. The summed E-state index contributed by atoms with van der Waals surface area (Å²) >= 11 is 0. The van der Waals surface area contributed by atoms with Gasteiger partial charge in [-0.15, -0.1) is 0 Å². The van der Waals surface area contributed by atoms with Gasteiger partial charge in [-0.05, 0) is 26.7 Å². The van der Waals surface area contributed by atoms with Crippen molar-refractivity contribution in [2.24, 2.45) is 0 Å². The average molecular weight is 387 g/mol. The third kappa shape index (κ3) is 4.74. The molecule has 0 unspecified atom stereocenters. The Balaban J connectivity index is 1.68. The number of likely N-dealkylation sites (tertiary alicyclic amines) is 1. The van der Waals surface area contributed by atoms with Crippen molar-refractivity contribution in [3.63, 3.8) is 0 Å². The summed E-state index contributed by atoms with van der Waals surface area (Å²) in [4.78, 5) is 19.6. The number of aliphatic hydroxyl groups is 1. The zero-order chi connectivity index (χ0) is 20.0. The molecule has 8 nitrogen and oxygen atoms in total. The summed E-state index contributed by atoms with van der Waals surface area (Å²) < 4.78 is 11.0. The molecule has 0 amide bonds. The lowest BCUT2D eigenvalue weighted by atomic mass is 9.85. The van der Waals surface area contributed by atoms with Gasteiger partial charge in [0.2, 0.25) is 5.88 Å². The molecule has 0 spiro atoms. The first kappa shape index (κ1) is 20.4. The van der Waals surface area contributed by atoms with Crippen LogP contribution in [0.3, 0.4) is 0 Å². The Morgan fingerprint density at radius 1 is 1.00 bits per heavy atom. The van der Waals surface area contributed by atoms with Gasteiger partial charge in [0.15, 0.2) is 0 Å². The molecule has 0 bridgehead atoms. The maximum Gasteiger partial charge on any atom is 0.319 e. The van der Waals surface area contributed by atoms with E-state index < -0.39 is 5.60 Å². The summed E-state index contributed by atoms with van der Waals surface area (Å²) in [6.45, 7) is 9.04. The average Bonchev–Trinajstić information content (AvgIpc) is 2.71. The van der Waals surface area contributed by atoms with Gasteiger partial charge in [-0.1, -0.05) is 6.92 Å². The smallest absolute Gasteiger partial charge is 0.319 e. The Labute approximate surface area is 166 Å². The van der Waals surface area contributed by atoms with Crippen molar-refractivity contribution in [2.45, 2.75) is 52.2 Å². The molecule has 1 aliphatic rings. The van der Waals surface area contributed by atoms with Gasteiger partial charge in [0, 0.05) is 50.2 Å². The molecule has 2 aromatic rings. The summed E-state index contributed by atoms with van der Waals surface area (Å²) in [6.07, 6.45) is 7.41. The van der Waals surface area contributed by atoms with Crippen molar-refractivity contribution in [1.82, 2.24) is 24.8 Å². The summed E-state index contributed by atoms with van der Waals surface area (Å²) in [5.74, 6) is 1.26. The van der Waals surface area contributed by atoms with E-state index in [1.165, 1.54) is 0 Å². The minimum Gasteiger partial charge on any atom is -0.478 e. The zero-order valence-electron chi connectivity index (χ0n) is 16.9. The second-order valence-electron chi connectivity index (χ2n) is 6.91. The van der Waals surface area contributed by atoms with E-state index in [0.717, 1.165) is 37.4 Å². The van der Waals surface area contributed by atoms with Crippen molar-refractivity contribution in [1.29, 1.82) is 0 Å². The molecule has 1 saturated heterocycles. The van der Waals surface area contributed by atoms with Crippen LogP contribution < -0.4 is 9.47 Å². The van der Waals surface area contributed by atoms with Crippen LogP contribution >= 0.6 is 0 Å². The van der Waals surface area contributed by atoms with E-state index in [1.54, 1.807) is 6.20 Å². The van der Waals surface area contributed by atoms with E-state index in [0.29, 0.717) is 37.5 Å². The molecule has 2 aromatic heterocycles. The van der Waals surface area contributed by atoms with Crippen LogP contribution in [-0.2, 0) is 18.6 Å². The van der Waals surface area contributed by atoms with Gasteiger partial charge < -0.3 is 14.6 Å². The zero-order valence-corrected chi connectivity index (χ0v) is 16.9. The van der Waals surface area contributed by atoms with Crippen molar-refractivity contribution < 1.29 is 14.6 Å². The topological polar surface area (TPSA) is 93.5 Å². The number of piperidine rings is 1. The van der Waals surface area contributed by atoms with Crippen molar-refractivity contribution in [3.05, 3.63) is 35.5 Å². The highest BCUT2D eigenvalue weighted by Crippen LogP contribution is 2.37.